The molecule has 1 aromatic rings. The molecular formula is C19H22FN5O2. The van der Waals surface area contributed by atoms with Crippen LogP contribution in [0.1, 0.15) is 26.3 Å². The van der Waals surface area contributed by atoms with Crippen molar-refractivity contribution in [2.24, 2.45) is 4.99 Å². The van der Waals surface area contributed by atoms with Crippen molar-refractivity contribution in [1.29, 1.82) is 0 Å². The Morgan fingerprint density at radius 1 is 1.07 bits per heavy atom. The molecule has 2 unspecified atom stereocenters. The highest BCUT2D eigenvalue weighted by atomic mass is 19.1. The average Bonchev–Trinajstić information content (AvgIpc) is 3.14. The van der Waals surface area contributed by atoms with Crippen LogP contribution in [0.4, 0.5) is 9.18 Å². The van der Waals surface area contributed by atoms with Crippen molar-refractivity contribution in [3.63, 3.8) is 0 Å². The fourth-order valence-electron chi connectivity index (χ4n) is 3.98. The molecule has 0 spiro atoms. The molecule has 0 radical (unpaired) electrons. The van der Waals surface area contributed by atoms with Gasteiger partial charge in [-0.15, -0.1) is 0 Å². The highest BCUT2D eigenvalue weighted by Crippen LogP contribution is 2.37. The van der Waals surface area contributed by atoms with E-state index in [0.29, 0.717) is 5.56 Å². The fourth-order valence-corrected chi connectivity index (χ4v) is 3.98. The van der Waals surface area contributed by atoms with Gasteiger partial charge in [0.2, 0.25) is 5.96 Å². The van der Waals surface area contributed by atoms with Gasteiger partial charge >= 0.3 is 6.03 Å². The second-order valence-corrected chi connectivity index (χ2v) is 7.02. The summed E-state index contributed by atoms with van der Waals surface area (Å²) in [5.74, 6) is 0.0874. The number of urea groups is 1. The highest BCUT2D eigenvalue weighted by molar-refractivity contribution is 6.05. The summed E-state index contributed by atoms with van der Waals surface area (Å²) in [5, 5.41) is 0. The largest absolute Gasteiger partial charge is 0.328 e. The number of guanidine groups is 1. The molecule has 0 saturated carbocycles. The topological polar surface area (TPSA) is 59.5 Å². The number of hydrogen-bond donors (Lipinski definition) is 0. The van der Waals surface area contributed by atoms with Crippen molar-refractivity contribution in [2.75, 3.05) is 13.6 Å². The minimum absolute atomic E-state index is 0.105. The minimum atomic E-state index is -0.574. The number of aliphatic imine (C=N–C) groups is 1. The highest BCUT2D eigenvalue weighted by Gasteiger charge is 2.55. The lowest BCUT2D eigenvalue weighted by Crippen LogP contribution is -2.64. The van der Waals surface area contributed by atoms with Gasteiger partial charge in [-0.2, -0.15) is 0 Å². The molecule has 27 heavy (non-hydrogen) atoms. The lowest BCUT2D eigenvalue weighted by Gasteiger charge is -2.40. The monoisotopic (exact) mass is 371 g/mol. The van der Waals surface area contributed by atoms with Gasteiger partial charge < -0.3 is 9.80 Å². The number of likely N-dealkylation sites (N-methyl/N-ethyl adjacent to an activating group) is 1. The van der Waals surface area contributed by atoms with Crippen LogP contribution in [0.15, 0.2) is 40.7 Å². The Morgan fingerprint density at radius 2 is 1.74 bits per heavy atom. The van der Waals surface area contributed by atoms with Crippen molar-refractivity contribution in [1.82, 2.24) is 19.6 Å². The first-order valence-corrected chi connectivity index (χ1v) is 8.99. The van der Waals surface area contributed by atoms with Crippen LogP contribution in [0, 0.1) is 5.82 Å². The zero-order valence-electron chi connectivity index (χ0n) is 15.8. The molecule has 1 saturated heterocycles. The van der Waals surface area contributed by atoms with Crippen molar-refractivity contribution in [2.45, 2.75) is 39.5 Å². The number of nitrogens with zero attached hydrogens (tertiary/aromatic N) is 5. The number of imide groups is 1. The molecule has 1 aromatic carbocycles. The third kappa shape index (κ3) is 2.43. The molecule has 0 bridgehead atoms. The van der Waals surface area contributed by atoms with E-state index in [2.05, 4.69) is 4.90 Å². The minimum Gasteiger partial charge on any atom is -0.315 e. The van der Waals surface area contributed by atoms with Crippen LogP contribution in [0.3, 0.4) is 0 Å². The van der Waals surface area contributed by atoms with E-state index >= 15 is 0 Å². The van der Waals surface area contributed by atoms with Gasteiger partial charge in [0.15, 0.2) is 12.2 Å². The summed E-state index contributed by atoms with van der Waals surface area (Å²) in [5.41, 5.74) is 2.73. The normalized spacial score (nSPS) is 24.7. The zero-order valence-corrected chi connectivity index (χ0v) is 15.8. The zero-order chi connectivity index (χ0) is 19.5. The van der Waals surface area contributed by atoms with Crippen LogP contribution in [0.2, 0.25) is 0 Å². The third-order valence-corrected chi connectivity index (χ3v) is 5.57. The van der Waals surface area contributed by atoms with Crippen LogP contribution in [-0.4, -0.2) is 63.3 Å². The maximum Gasteiger partial charge on any atom is 0.328 e. The number of allylic oxidation sites excluding steroid dienone is 2. The molecule has 0 N–H and O–H groups in total. The number of benzene rings is 1. The standard InChI is InChI=1S/C19H22FN5O2/c1-5-23-11(2)12(3)25-15-16(21-18(23)25)22(4)19(27)24(17(15)26)10-13-6-8-14(20)9-7-13/h6-9,15-16H,5,10H2,1-4H3. The fraction of sp³-hybridized carbons (Fsp3) is 0.421. The van der Waals surface area contributed by atoms with Crippen LogP contribution in [0.25, 0.3) is 0 Å². The molecular weight excluding hydrogens is 349 g/mol. The smallest absolute Gasteiger partial charge is 0.315 e. The Kier molecular flexibility index (Phi) is 3.94. The van der Waals surface area contributed by atoms with Gasteiger partial charge in [0, 0.05) is 25.0 Å². The molecule has 7 nitrogen and oxygen atoms in total. The number of rotatable bonds is 3. The molecule has 8 heteroatoms. The first kappa shape index (κ1) is 17.5. The van der Waals surface area contributed by atoms with E-state index in [1.807, 2.05) is 25.7 Å². The predicted octanol–water partition coefficient (Wildman–Crippen LogP) is 2.17. The molecule has 3 amide bonds. The van der Waals surface area contributed by atoms with E-state index in [0.717, 1.165) is 23.9 Å². The van der Waals surface area contributed by atoms with Crippen LogP contribution < -0.4 is 0 Å². The summed E-state index contributed by atoms with van der Waals surface area (Å²) in [6.45, 7) is 6.85. The Balaban J connectivity index is 1.68. The Bertz CT molecular complexity index is 879. The molecule has 1 fully saturated rings. The summed E-state index contributed by atoms with van der Waals surface area (Å²) in [4.78, 5) is 37.5. The van der Waals surface area contributed by atoms with Crippen molar-refractivity contribution < 1.29 is 14.0 Å². The second-order valence-electron chi connectivity index (χ2n) is 7.02. The molecule has 0 aliphatic carbocycles. The van der Waals surface area contributed by atoms with Gasteiger partial charge in [0.25, 0.3) is 5.91 Å². The van der Waals surface area contributed by atoms with Gasteiger partial charge in [-0.1, -0.05) is 12.1 Å². The molecule has 3 aliphatic heterocycles. The molecule has 3 heterocycles. The summed E-state index contributed by atoms with van der Waals surface area (Å²) in [7, 11) is 1.67. The lowest BCUT2D eigenvalue weighted by atomic mass is 10.1. The SMILES string of the molecule is CCN1C2=NC3C(C(=O)N(Cc4ccc(F)cc4)C(=O)N3C)N2C(C)=C1C. The number of fused-ring (bicyclic) bond motifs is 3. The maximum atomic E-state index is 13.3. The van der Waals surface area contributed by atoms with Crippen molar-refractivity contribution in [3.8, 4) is 0 Å². The van der Waals surface area contributed by atoms with Crippen LogP contribution in [0.5, 0.6) is 0 Å². The van der Waals surface area contributed by atoms with Gasteiger partial charge in [-0.05, 0) is 38.5 Å². The van der Waals surface area contributed by atoms with Crippen LogP contribution in [-0.2, 0) is 11.3 Å². The Morgan fingerprint density at radius 3 is 2.37 bits per heavy atom. The van der Waals surface area contributed by atoms with Crippen molar-refractivity contribution >= 4 is 17.9 Å². The van der Waals surface area contributed by atoms with E-state index < -0.39 is 18.2 Å². The lowest BCUT2D eigenvalue weighted by molar-refractivity contribution is -0.137. The second kappa shape index (κ2) is 6.07. The number of amides is 3. The average molecular weight is 371 g/mol. The Labute approximate surface area is 157 Å². The number of hydrogen-bond acceptors (Lipinski definition) is 5. The van der Waals surface area contributed by atoms with E-state index in [1.54, 1.807) is 19.2 Å². The molecule has 3 aliphatic rings. The van der Waals surface area contributed by atoms with Crippen LogP contribution >= 0.6 is 0 Å². The van der Waals surface area contributed by atoms with E-state index in [9.17, 15) is 14.0 Å². The van der Waals surface area contributed by atoms with Gasteiger partial charge in [-0.25, -0.2) is 14.2 Å². The number of carbonyl (C=O) groups is 2. The summed E-state index contributed by atoms with van der Waals surface area (Å²) >= 11 is 0. The summed E-state index contributed by atoms with van der Waals surface area (Å²) in [6.07, 6.45) is -0.540. The van der Waals surface area contributed by atoms with E-state index in [-0.39, 0.29) is 18.3 Å². The quantitative estimate of drug-likeness (QED) is 0.817. The summed E-state index contributed by atoms with van der Waals surface area (Å²) in [6, 6.07) is 4.86. The Hall–Kier alpha value is -2.90. The first-order valence-electron chi connectivity index (χ1n) is 8.99. The van der Waals surface area contributed by atoms with Gasteiger partial charge in [-0.3, -0.25) is 14.6 Å². The summed E-state index contributed by atoms with van der Waals surface area (Å²) < 4.78 is 13.2. The van der Waals surface area contributed by atoms with Gasteiger partial charge in [0.1, 0.15) is 5.82 Å². The molecule has 142 valence electrons. The molecule has 4 rings (SSSR count). The maximum absolute atomic E-state index is 13.3. The first-order chi connectivity index (χ1) is 12.8. The number of carbonyl (C=O) groups excluding carboxylic acids is 2. The predicted molar refractivity (Wildman–Crippen MR) is 97.7 cm³/mol. The number of halogens is 1. The van der Waals surface area contributed by atoms with E-state index in [1.165, 1.54) is 21.9 Å². The molecule has 2 atom stereocenters. The molecule has 0 aromatic heterocycles. The van der Waals surface area contributed by atoms with Crippen molar-refractivity contribution in [3.05, 3.63) is 47.0 Å². The van der Waals surface area contributed by atoms with E-state index in [4.69, 9.17) is 4.99 Å². The third-order valence-electron chi connectivity index (χ3n) is 5.57. The van der Waals surface area contributed by atoms with Gasteiger partial charge in [0.05, 0.1) is 6.54 Å².